The Morgan fingerprint density at radius 2 is 1.75 bits per heavy atom. The fourth-order valence-corrected chi connectivity index (χ4v) is 5.51. The molecule has 1 aromatic carbocycles. The van der Waals surface area contributed by atoms with Crippen molar-refractivity contribution in [3.63, 3.8) is 0 Å². The number of fused-ring (bicyclic) bond motifs is 5. The predicted octanol–water partition coefficient (Wildman–Crippen LogP) is 5.53. The zero-order valence-corrected chi connectivity index (χ0v) is 23.1. The number of hydrogen-bond donors (Lipinski definition) is 2. The number of benzene rings is 1. The zero-order chi connectivity index (χ0) is 25.9. The molecular weight excluding hydrogens is 470 g/mol. The molecule has 2 amide bonds. The van der Waals surface area contributed by atoms with Crippen molar-refractivity contribution in [2.24, 2.45) is 5.92 Å². The summed E-state index contributed by atoms with van der Waals surface area (Å²) in [5.74, 6) is -0.271. The lowest BCUT2D eigenvalue weighted by atomic mass is 10.0. The standard InChI is InChI=1S/C29H43N3O3S/c1-21-13-14-27-25(17-21)24-18-26(31-28(34)22(2)20-36-23(3)33)29(35)30-15-11-9-7-5-4-6-8-10-12-16-32(27)19-24/h13-14,17,19,22,26H,4-12,15-16,18,20H2,1-3H3,(H,30,35)(H,31,34). The van der Waals surface area contributed by atoms with E-state index in [-0.39, 0.29) is 22.8 Å². The molecule has 1 aliphatic heterocycles. The molecule has 2 bridgehead atoms. The van der Waals surface area contributed by atoms with Gasteiger partial charge in [-0.2, -0.15) is 0 Å². The number of rotatable bonds is 4. The monoisotopic (exact) mass is 513 g/mol. The van der Waals surface area contributed by atoms with E-state index in [1.807, 2.05) is 0 Å². The van der Waals surface area contributed by atoms with Crippen molar-refractivity contribution in [3.8, 4) is 0 Å². The smallest absolute Gasteiger partial charge is 0.242 e. The molecule has 0 radical (unpaired) electrons. The highest BCUT2D eigenvalue weighted by atomic mass is 32.2. The summed E-state index contributed by atoms with van der Waals surface area (Å²) >= 11 is 1.15. The van der Waals surface area contributed by atoms with Crippen LogP contribution in [0, 0.1) is 12.8 Å². The SMILES string of the molecule is CC(=O)SCC(C)C(=O)NC1Cc2cn(c3ccc(C)cc23)CCCCCCCCCCCNC1=O. The Hall–Kier alpha value is -2.28. The molecule has 1 aromatic heterocycles. The largest absolute Gasteiger partial charge is 0.354 e. The van der Waals surface area contributed by atoms with Crippen LogP contribution in [0.25, 0.3) is 10.9 Å². The van der Waals surface area contributed by atoms with Gasteiger partial charge in [0, 0.05) is 55.2 Å². The average molecular weight is 514 g/mol. The minimum absolute atomic E-state index is 0.00761. The first-order chi connectivity index (χ1) is 17.3. The lowest BCUT2D eigenvalue weighted by Crippen LogP contribution is -2.49. The summed E-state index contributed by atoms with van der Waals surface area (Å²) in [6, 6.07) is 5.84. The van der Waals surface area contributed by atoms with Crippen molar-refractivity contribution in [2.75, 3.05) is 12.3 Å². The number of nitrogens with one attached hydrogen (secondary N) is 2. The molecule has 0 fully saturated rings. The molecule has 0 saturated heterocycles. The molecule has 0 spiro atoms. The van der Waals surface area contributed by atoms with Crippen LogP contribution in [0.15, 0.2) is 24.4 Å². The molecule has 3 rings (SSSR count). The van der Waals surface area contributed by atoms with Gasteiger partial charge >= 0.3 is 0 Å². The molecule has 1 aliphatic rings. The second kappa shape index (κ2) is 14.5. The van der Waals surface area contributed by atoms with Crippen LogP contribution in [-0.4, -0.2) is 39.8 Å². The Balaban J connectivity index is 1.84. The van der Waals surface area contributed by atoms with E-state index >= 15 is 0 Å². The normalized spacial score (nSPS) is 19.6. The number of hydrogen-bond acceptors (Lipinski definition) is 4. The summed E-state index contributed by atoms with van der Waals surface area (Å²) in [6.07, 6.45) is 13.4. The summed E-state index contributed by atoms with van der Waals surface area (Å²) in [5, 5.41) is 7.22. The minimum Gasteiger partial charge on any atom is -0.354 e. The van der Waals surface area contributed by atoms with E-state index in [9.17, 15) is 14.4 Å². The molecule has 0 saturated carbocycles. The van der Waals surface area contributed by atoms with Crippen molar-refractivity contribution in [2.45, 2.75) is 97.6 Å². The van der Waals surface area contributed by atoms with Crippen molar-refractivity contribution in [1.29, 1.82) is 0 Å². The van der Waals surface area contributed by atoms with E-state index in [1.165, 1.54) is 56.5 Å². The van der Waals surface area contributed by atoms with Gasteiger partial charge in [0.15, 0.2) is 5.12 Å². The molecule has 0 aliphatic carbocycles. The van der Waals surface area contributed by atoms with Crippen molar-refractivity contribution in [3.05, 3.63) is 35.5 Å². The van der Waals surface area contributed by atoms with Crippen LogP contribution in [0.4, 0.5) is 0 Å². The van der Waals surface area contributed by atoms with Crippen LogP contribution < -0.4 is 10.6 Å². The molecule has 6 nitrogen and oxygen atoms in total. The summed E-state index contributed by atoms with van der Waals surface area (Å²) in [5.41, 5.74) is 3.45. The maximum absolute atomic E-state index is 13.3. The molecular formula is C29H43N3O3S. The lowest BCUT2D eigenvalue weighted by Gasteiger charge is -2.21. The van der Waals surface area contributed by atoms with Gasteiger partial charge in [-0.25, -0.2) is 0 Å². The number of thioether (sulfide) groups is 1. The Morgan fingerprint density at radius 1 is 1.08 bits per heavy atom. The molecule has 2 unspecified atom stereocenters. The van der Waals surface area contributed by atoms with Gasteiger partial charge in [-0.1, -0.05) is 75.3 Å². The van der Waals surface area contributed by atoms with Gasteiger partial charge in [-0.15, -0.1) is 0 Å². The minimum atomic E-state index is -0.652. The van der Waals surface area contributed by atoms with Crippen LogP contribution in [0.2, 0.25) is 0 Å². The molecule has 2 atom stereocenters. The van der Waals surface area contributed by atoms with Gasteiger partial charge < -0.3 is 15.2 Å². The number of carbonyl (C=O) groups excluding carboxylic acids is 3. The highest BCUT2D eigenvalue weighted by Crippen LogP contribution is 2.25. The van der Waals surface area contributed by atoms with Crippen molar-refractivity contribution in [1.82, 2.24) is 15.2 Å². The fraction of sp³-hybridized carbons (Fsp3) is 0.621. The van der Waals surface area contributed by atoms with E-state index in [0.717, 1.165) is 48.5 Å². The van der Waals surface area contributed by atoms with Gasteiger partial charge in [0.2, 0.25) is 11.8 Å². The Bertz CT molecular complexity index is 1030. The highest BCUT2D eigenvalue weighted by Gasteiger charge is 2.25. The molecule has 36 heavy (non-hydrogen) atoms. The quantitative estimate of drug-likeness (QED) is 0.563. The van der Waals surface area contributed by atoms with Gasteiger partial charge in [0.05, 0.1) is 0 Å². The van der Waals surface area contributed by atoms with Crippen molar-refractivity contribution >= 4 is 39.6 Å². The van der Waals surface area contributed by atoms with E-state index in [4.69, 9.17) is 0 Å². The number of aromatic nitrogens is 1. The zero-order valence-electron chi connectivity index (χ0n) is 22.2. The van der Waals surface area contributed by atoms with E-state index in [2.05, 4.69) is 46.5 Å². The molecule has 2 N–H and O–H groups in total. The Kier molecular flexibility index (Phi) is 11.4. The van der Waals surface area contributed by atoms with Gasteiger partial charge in [0.1, 0.15) is 6.04 Å². The Morgan fingerprint density at radius 3 is 2.44 bits per heavy atom. The summed E-state index contributed by atoms with van der Waals surface area (Å²) in [4.78, 5) is 37.6. The average Bonchev–Trinajstić information content (AvgIpc) is 3.18. The first-order valence-electron chi connectivity index (χ1n) is 13.6. The third-order valence-corrected chi connectivity index (χ3v) is 8.11. The van der Waals surface area contributed by atoms with Crippen LogP contribution in [0.3, 0.4) is 0 Å². The number of nitrogens with zero attached hydrogens (tertiary/aromatic N) is 1. The summed E-state index contributed by atoms with van der Waals surface area (Å²) in [7, 11) is 0. The van der Waals surface area contributed by atoms with Gasteiger partial charge in [-0.05, 0) is 37.5 Å². The van der Waals surface area contributed by atoms with E-state index in [0.29, 0.717) is 18.7 Å². The molecule has 2 aromatic rings. The maximum Gasteiger partial charge on any atom is 0.242 e. The first-order valence-corrected chi connectivity index (χ1v) is 14.6. The molecule has 7 heteroatoms. The van der Waals surface area contributed by atoms with E-state index in [1.54, 1.807) is 6.92 Å². The number of carbonyl (C=O) groups is 3. The second-order valence-corrected chi connectivity index (χ2v) is 11.5. The first kappa shape index (κ1) is 28.3. The lowest BCUT2D eigenvalue weighted by molar-refractivity contribution is -0.130. The molecule has 198 valence electrons. The number of aryl methyl sites for hydroxylation is 2. The van der Waals surface area contributed by atoms with Crippen LogP contribution in [-0.2, 0) is 27.3 Å². The topological polar surface area (TPSA) is 80.2 Å². The Labute approximate surface area is 220 Å². The number of amides is 2. The van der Waals surface area contributed by atoms with Crippen molar-refractivity contribution < 1.29 is 14.4 Å². The van der Waals surface area contributed by atoms with Gasteiger partial charge in [0.25, 0.3) is 0 Å². The van der Waals surface area contributed by atoms with E-state index < -0.39 is 6.04 Å². The third-order valence-electron chi connectivity index (χ3n) is 7.04. The highest BCUT2D eigenvalue weighted by molar-refractivity contribution is 8.13. The fourth-order valence-electron chi connectivity index (χ4n) is 4.87. The van der Waals surface area contributed by atoms with Gasteiger partial charge in [-0.3, -0.25) is 14.4 Å². The predicted molar refractivity (Wildman–Crippen MR) is 149 cm³/mol. The molecule has 2 heterocycles. The maximum atomic E-state index is 13.3. The van der Waals surface area contributed by atoms with Crippen LogP contribution in [0.5, 0.6) is 0 Å². The summed E-state index contributed by atoms with van der Waals surface area (Å²) < 4.78 is 2.32. The third kappa shape index (κ3) is 8.68. The second-order valence-electron chi connectivity index (χ2n) is 10.3. The summed E-state index contributed by atoms with van der Waals surface area (Å²) in [6.45, 7) is 6.98. The van der Waals surface area contributed by atoms with Crippen LogP contribution in [0.1, 0.15) is 82.8 Å². The van der Waals surface area contributed by atoms with Crippen LogP contribution >= 0.6 is 11.8 Å².